The maximum absolute atomic E-state index is 12.2. The lowest BCUT2D eigenvalue weighted by Crippen LogP contribution is -2.43. The van der Waals surface area contributed by atoms with Gasteiger partial charge in [0, 0.05) is 41.3 Å². The van der Waals surface area contributed by atoms with Crippen LogP contribution in [0.4, 0.5) is 0 Å². The maximum atomic E-state index is 12.2. The molecule has 0 spiro atoms. The molecule has 2 fully saturated rings. The lowest BCUT2D eigenvalue weighted by molar-refractivity contribution is 0.0936. The zero-order valence-corrected chi connectivity index (χ0v) is 15.9. The maximum Gasteiger partial charge on any atom is 0.251 e. The van der Waals surface area contributed by atoms with Crippen LogP contribution in [0.5, 0.6) is 0 Å². The number of piperidine rings is 1. The van der Waals surface area contributed by atoms with Crippen molar-refractivity contribution in [2.75, 3.05) is 32.7 Å². The number of likely N-dealkylation sites (tertiary alicyclic amines) is 1. The van der Waals surface area contributed by atoms with Crippen molar-refractivity contribution in [1.82, 2.24) is 21.1 Å². The van der Waals surface area contributed by atoms with Gasteiger partial charge in [0.05, 0.1) is 0 Å². The molecule has 0 radical (unpaired) electrons. The van der Waals surface area contributed by atoms with E-state index in [1.54, 1.807) is 18.2 Å². The third-order valence-corrected chi connectivity index (χ3v) is 5.26. The average Bonchev–Trinajstić information content (AvgIpc) is 3.41. The molecule has 1 aliphatic carbocycles. The van der Waals surface area contributed by atoms with Crippen LogP contribution in [0.25, 0.3) is 0 Å². The molecular weight excluding hydrogens is 359 g/mol. The van der Waals surface area contributed by atoms with Crippen molar-refractivity contribution < 1.29 is 4.79 Å². The average molecular weight is 385 g/mol. The summed E-state index contributed by atoms with van der Waals surface area (Å²) in [7, 11) is 0. The Hall–Kier alpha value is -0.850. The van der Waals surface area contributed by atoms with Gasteiger partial charge in [0.2, 0.25) is 0 Å². The highest BCUT2D eigenvalue weighted by atomic mass is 35.5. The molecule has 7 heteroatoms. The van der Waals surface area contributed by atoms with E-state index in [2.05, 4.69) is 21.1 Å². The second-order valence-electron chi connectivity index (χ2n) is 7.00. The van der Waals surface area contributed by atoms with Crippen molar-refractivity contribution in [3.8, 4) is 0 Å². The van der Waals surface area contributed by atoms with Crippen molar-refractivity contribution in [3.05, 3.63) is 33.8 Å². The van der Waals surface area contributed by atoms with E-state index in [1.165, 1.54) is 12.8 Å². The molecule has 1 heterocycles. The monoisotopic (exact) mass is 384 g/mol. The minimum Gasteiger partial charge on any atom is -0.352 e. The molecule has 25 heavy (non-hydrogen) atoms. The lowest BCUT2D eigenvalue weighted by Gasteiger charge is -2.32. The van der Waals surface area contributed by atoms with Gasteiger partial charge in [0.15, 0.2) is 0 Å². The minimum absolute atomic E-state index is 0.109. The number of benzene rings is 1. The highest BCUT2D eigenvalue weighted by Gasteiger charge is 2.21. The Kier molecular flexibility index (Phi) is 6.96. The topological polar surface area (TPSA) is 56.4 Å². The van der Waals surface area contributed by atoms with Crippen LogP contribution in [0, 0.1) is 5.92 Å². The molecule has 138 valence electrons. The Labute approximate surface area is 159 Å². The van der Waals surface area contributed by atoms with E-state index >= 15 is 0 Å². The molecule has 3 rings (SSSR count). The van der Waals surface area contributed by atoms with E-state index in [4.69, 9.17) is 23.2 Å². The summed E-state index contributed by atoms with van der Waals surface area (Å²) < 4.78 is 0. The molecule has 0 bridgehead atoms. The molecule has 5 nitrogen and oxygen atoms in total. The van der Waals surface area contributed by atoms with Crippen LogP contribution < -0.4 is 16.2 Å². The molecule has 0 atom stereocenters. The molecule has 3 N–H and O–H groups in total. The molecule has 0 unspecified atom stereocenters. The Morgan fingerprint density at radius 1 is 1.08 bits per heavy atom. The van der Waals surface area contributed by atoms with Crippen LogP contribution in [0.15, 0.2) is 18.2 Å². The van der Waals surface area contributed by atoms with E-state index < -0.39 is 0 Å². The zero-order valence-electron chi connectivity index (χ0n) is 14.4. The number of hydrogen-bond donors (Lipinski definition) is 3. The SMILES string of the molecule is O=C(NCC1CCN(CCNNC2CC2)CC1)c1cc(Cl)cc(Cl)c1. The van der Waals surface area contributed by atoms with Gasteiger partial charge in [-0.05, 0) is 62.9 Å². The number of hydrazine groups is 1. The molecule has 1 saturated heterocycles. The fraction of sp³-hybridized carbons (Fsp3) is 0.611. The van der Waals surface area contributed by atoms with E-state index in [1.807, 2.05) is 0 Å². The van der Waals surface area contributed by atoms with Crippen molar-refractivity contribution in [2.45, 2.75) is 31.7 Å². The molecule has 1 aliphatic heterocycles. The highest BCUT2D eigenvalue weighted by Crippen LogP contribution is 2.20. The first-order valence-corrected chi connectivity index (χ1v) is 9.81. The fourth-order valence-electron chi connectivity index (χ4n) is 3.10. The summed E-state index contributed by atoms with van der Waals surface area (Å²) in [5.74, 6) is 0.426. The number of halogens is 2. The Morgan fingerprint density at radius 2 is 1.76 bits per heavy atom. The number of amides is 1. The lowest BCUT2D eigenvalue weighted by atomic mass is 9.96. The first-order chi connectivity index (χ1) is 12.1. The van der Waals surface area contributed by atoms with Crippen LogP contribution in [-0.2, 0) is 0 Å². The quantitative estimate of drug-likeness (QED) is 0.476. The van der Waals surface area contributed by atoms with Gasteiger partial charge in [-0.2, -0.15) is 0 Å². The molecule has 0 aromatic heterocycles. The smallest absolute Gasteiger partial charge is 0.251 e. The van der Waals surface area contributed by atoms with Gasteiger partial charge in [-0.25, -0.2) is 0 Å². The van der Waals surface area contributed by atoms with E-state index in [0.29, 0.717) is 34.1 Å². The van der Waals surface area contributed by atoms with E-state index in [0.717, 1.165) is 39.0 Å². The van der Waals surface area contributed by atoms with Crippen molar-refractivity contribution in [3.63, 3.8) is 0 Å². The zero-order chi connectivity index (χ0) is 17.6. The fourth-order valence-corrected chi connectivity index (χ4v) is 3.62. The van der Waals surface area contributed by atoms with Gasteiger partial charge in [0.1, 0.15) is 0 Å². The number of carbonyl (C=O) groups is 1. The van der Waals surface area contributed by atoms with Crippen molar-refractivity contribution in [2.24, 2.45) is 5.92 Å². The summed E-state index contributed by atoms with van der Waals surface area (Å²) in [6.45, 7) is 4.94. The summed E-state index contributed by atoms with van der Waals surface area (Å²) >= 11 is 11.9. The largest absolute Gasteiger partial charge is 0.352 e. The number of nitrogens with zero attached hydrogens (tertiary/aromatic N) is 1. The summed E-state index contributed by atoms with van der Waals surface area (Å²) in [5.41, 5.74) is 7.14. The van der Waals surface area contributed by atoms with Crippen LogP contribution >= 0.6 is 23.2 Å². The van der Waals surface area contributed by atoms with Crippen LogP contribution in [0.1, 0.15) is 36.0 Å². The summed E-state index contributed by atoms with van der Waals surface area (Å²) in [6, 6.07) is 5.62. The van der Waals surface area contributed by atoms with Crippen LogP contribution in [0.3, 0.4) is 0 Å². The van der Waals surface area contributed by atoms with Gasteiger partial charge >= 0.3 is 0 Å². The van der Waals surface area contributed by atoms with Crippen LogP contribution in [-0.4, -0.2) is 49.6 Å². The van der Waals surface area contributed by atoms with Crippen molar-refractivity contribution in [1.29, 1.82) is 0 Å². The van der Waals surface area contributed by atoms with E-state index in [-0.39, 0.29) is 5.91 Å². The summed E-state index contributed by atoms with van der Waals surface area (Å²) in [5, 5.41) is 3.98. The first kappa shape index (κ1) is 18.9. The molecule has 1 aromatic rings. The first-order valence-electron chi connectivity index (χ1n) is 9.05. The van der Waals surface area contributed by atoms with Crippen molar-refractivity contribution >= 4 is 29.1 Å². The third kappa shape index (κ3) is 6.42. The highest BCUT2D eigenvalue weighted by molar-refractivity contribution is 6.35. The van der Waals surface area contributed by atoms with Gasteiger partial charge in [-0.1, -0.05) is 23.2 Å². The third-order valence-electron chi connectivity index (χ3n) is 4.82. The minimum atomic E-state index is -0.109. The molecule has 1 aromatic carbocycles. The summed E-state index contributed by atoms with van der Waals surface area (Å²) in [4.78, 5) is 14.7. The number of nitrogens with one attached hydrogen (secondary N) is 3. The molecule has 2 aliphatic rings. The van der Waals surface area contributed by atoms with Gasteiger partial charge < -0.3 is 10.2 Å². The second kappa shape index (κ2) is 9.19. The normalized spacial score (nSPS) is 19.1. The predicted octanol–water partition coefficient (Wildman–Crippen LogP) is 2.69. The van der Waals surface area contributed by atoms with E-state index in [9.17, 15) is 4.79 Å². The van der Waals surface area contributed by atoms with Gasteiger partial charge in [0.25, 0.3) is 5.91 Å². The molecule has 1 amide bonds. The predicted molar refractivity (Wildman–Crippen MR) is 102 cm³/mol. The van der Waals surface area contributed by atoms with Gasteiger partial charge in [-0.15, -0.1) is 0 Å². The molecule has 1 saturated carbocycles. The summed E-state index contributed by atoms with van der Waals surface area (Å²) in [6.07, 6.45) is 4.83. The standard InChI is InChI=1S/C18H26Cl2N4O/c19-15-9-14(10-16(20)11-15)18(25)21-12-13-3-6-24(7-4-13)8-5-22-23-17-1-2-17/h9-11,13,17,22-23H,1-8,12H2,(H,21,25). The number of rotatable bonds is 8. The van der Waals surface area contributed by atoms with Crippen LogP contribution in [0.2, 0.25) is 10.0 Å². The second-order valence-corrected chi connectivity index (χ2v) is 7.87. The Bertz CT molecular complexity index is 566. The Morgan fingerprint density at radius 3 is 2.40 bits per heavy atom. The molecular formula is C18H26Cl2N4O. The number of carbonyl (C=O) groups excluding carboxylic acids is 1. The van der Waals surface area contributed by atoms with Gasteiger partial charge in [-0.3, -0.25) is 15.6 Å². The Balaban J connectivity index is 1.32. The number of hydrogen-bond acceptors (Lipinski definition) is 4.